The number of aromatic nitrogens is 4. The third kappa shape index (κ3) is 5.70. The van der Waals surface area contributed by atoms with E-state index in [2.05, 4.69) is 19.9 Å². The number of aromatic hydroxyl groups is 1. The van der Waals surface area contributed by atoms with Crippen LogP contribution in [0.25, 0.3) is 0 Å². The number of rotatable bonds is 5. The second kappa shape index (κ2) is 12.1. The number of nitrogen functional groups attached to an aromatic ring is 1. The van der Waals surface area contributed by atoms with Gasteiger partial charge >= 0.3 is 0 Å². The lowest BCUT2D eigenvalue weighted by molar-refractivity contribution is -0.132. The minimum atomic E-state index is -1.04. The maximum Gasteiger partial charge on any atom is 0.270 e. The van der Waals surface area contributed by atoms with Crippen molar-refractivity contribution in [1.82, 2.24) is 24.4 Å². The molecule has 6 rings (SSSR count). The highest BCUT2D eigenvalue weighted by atomic mass is 35.5. The fourth-order valence-electron chi connectivity index (χ4n) is 6.89. The van der Waals surface area contributed by atoms with Gasteiger partial charge in [-0.25, -0.2) is 9.97 Å². The molecule has 45 heavy (non-hydrogen) atoms. The van der Waals surface area contributed by atoms with Gasteiger partial charge in [0.15, 0.2) is 11.4 Å². The summed E-state index contributed by atoms with van der Waals surface area (Å²) in [5.74, 6) is -0.293. The van der Waals surface area contributed by atoms with Gasteiger partial charge in [0.25, 0.3) is 11.5 Å². The molecule has 2 unspecified atom stereocenters. The summed E-state index contributed by atoms with van der Waals surface area (Å²) < 4.78 is 1.41. The highest BCUT2D eigenvalue weighted by Gasteiger charge is 2.44. The molecule has 13 nitrogen and oxygen atoms in total. The van der Waals surface area contributed by atoms with E-state index in [0.29, 0.717) is 58.0 Å². The number of carbonyl (C=O) groups is 2. The van der Waals surface area contributed by atoms with E-state index in [1.54, 1.807) is 13.1 Å². The molecule has 3 aromatic rings. The second-order valence-electron chi connectivity index (χ2n) is 12.0. The molecule has 0 bridgehead atoms. The molecule has 2 saturated heterocycles. The number of fused-ring (bicyclic) bond motifs is 1. The number of hydrogen-bond donors (Lipinski definition) is 4. The molecule has 1 spiro atoms. The topological polar surface area (TPSA) is 200 Å². The van der Waals surface area contributed by atoms with Crippen LogP contribution >= 0.6 is 23.4 Å². The Balaban J connectivity index is 1.19. The number of piperidine rings is 2. The fourth-order valence-corrected chi connectivity index (χ4v) is 8.08. The van der Waals surface area contributed by atoms with Crippen molar-refractivity contribution in [3.05, 3.63) is 56.7 Å². The van der Waals surface area contributed by atoms with Crippen LogP contribution in [0.3, 0.4) is 0 Å². The van der Waals surface area contributed by atoms with Gasteiger partial charge in [-0.15, -0.1) is 0 Å². The van der Waals surface area contributed by atoms with Crippen molar-refractivity contribution in [3.8, 4) is 5.88 Å². The van der Waals surface area contributed by atoms with E-state index in [0.717, 1.165) is 38.9 Å². The number of amides is 2. The van der Waals surface area contributed by atoms with E-state index >= 15 is 0 Å². The Labute approximate surface area is 269 Å². The van der Waals surface area contributed by atoms with Gasteiger partial charge in [-0.05, 0) is 49.1 Å². The van der Waals surface area contributed by atoms with Crippen LogP contribution in [0.5, 0.6) is 5.88 Å². The molecule has 3 aliphatic rings. The molecule has 2 amide bonds. The fraction of sp³-hybridized carbons (Fsp3) is 0.467. The zero-order chi connectivity index (χ0) is 32.0. The van der Waals surface area contributed by atoms with Crippen LogP contribution in [-0.4, -0.2) is 73.6 Å². The first-order valence-corrected chi connectivity index (χ1v) is 16.2. The van der Waals surface area contributed by atoms with Crippen LogP contribution in [-0.2, 0) is 11.2 Å². The molecule has 238 valence electrons. The van der Waals surface area contributed by atoms with Gasteiger partial charge in [0.05, 0.1) is 17.3 Å². The van der Waals surface area contributed by atoms with E-state index in [-0.39, 0.29) is 23.2 Å². The molecule has 0 radical (unpaired) electrons. The van der Waals surface area contributed by atoms with Gasteiger partial charge in [0, 0.05) is 50.5 Å². The summed E-state index contributed by atoms with van der Waals surface area (Å²) in [4.78, 5) is 55.1. The van der Waals surface area contributed by atoms with E-state index in [9.17, 15) is 19.5 Å². The van der Waals surface area contributed by atoms with Crippen molar-refractivity contribution in [2.24, 2.45) is 16.9 Å². The summed E-state index contributed by atoms with van der Waals surface area (Å²) in [6.07, 6.45) is 6.18. The van der Waals surface area contributed by atoms with Crippen molar-refractivity contribution in [1.29, 1.82) is 0 Å². The minimum Gasteiger partial charge on any atom is -0.493 e. The third-order valence-electron chi connectivity index (χ3n) is 9.53. The number of likely N-dealkylation sites (tertiary alicyclic amines) is 1. The van der Waals surface area contributed by atoms with E-state index in [1.807, 2.05) is 23.1 Å². The number of halogens is 1. The molecule has 1 aromatic carbocycles. The van der Waals surface area contributed by atoms with Gasteiger partial charge < -0.3 is 32.1 Å². The minimum absolute atomic E-state index is 0.0147. The average Bonchev–Trinajstić information content (AvgIpc) is 3.00. The first-order chi connectivity index (χ1) is 21.5. The Bertz CT molecular complexity index is 1730. The first-order valence-electron chi connectivity index (χ1n) is 15.0. The van der Waals surface area contributed by atoms with Gasteiger partial charge in [0.1, 0.15) is 16.7 Å². The van der Waals surface area contributed by atoms with Gasteiger partial charge in [-0.1, -0.05) is 35.5 Å². The predicted molar refractivity (Wildman–Crippen MR) is 171 cm³/mol. The number of anilines is 2. The molecular weight excluding hydrogens is 618 g/mol. The molecule has 2 atom stereocenters. The van der Waals surface area contributed by atoms with Crippen LogP contribution in [0.4, 0.5) is 11.6 Å². The lowest BCUT2D eigenvalue weighted by Gasteiger charge is -2.50. The summed E-state index contributed by atoms with van der Waals surface area (Å²) in [5.41, 5.74) is 17.8. The van der Waals surface area contributed by atoms with Gasteiger partial charge in [0.2, 0.25) is 11.8 Å². The lowest BCUT2D eigenvalue weighted by Crippen LogP contribution is -2.59. The Morgan fingerprint density at radius 2 is 1.89 bits per heavy atom. The standard InChI is InChI=1S/C30H36ClN9O4S/c1-16(41)39-13-10-30(20(32)15-39)8-11-38(12-9-30)22-14-35-28(25(33)36-22)45-19-6-2-4-17(24(19)31)18-5-3-7-21-37-27(43)23(26(34)42)29(44)40(18)21/h2,4,6,14,18,20,43H,3,5,7-13,15,32H2,1H3,(H2,33,36)(H2,34,42). The number of aryl methyl sites for hydroxylation is 1. The second-order valence-corrected chi connectivity index (χ2v) is 13.4. The van der Waals surface area contributed by atoms with Crippen molar-refractivity contribution in [2.75, 3.05) is 36.8 Å². The molecule has 2 fully saturated rings. The maximum atomic E-state index is 13.3. The average molecular weight is 654 g/mol. The largest absolute Gasteiger partial charge is 0.493 e. The van der Waals surface area contributed by atoms with Crippen LogP contribution in [0, 0.1) is 5.41 Å². The number of nitrogens with two attached hydrogens (primary N) is 3. The first kappa shape index (κ1) is 31.1. The summed E-state index contributed by atoms with van der Waals surface area (Å²) in [7, 11) is 0. The van der Waals surface area contributed by atoms with Crippen molar-refractivity contribution in [3.63, 3.8) is 0 Å². The van der Waals surface area contributed by atoms with Gasteiger partial charge in [-0.2, -0.15) is 4.98 Å². The molecule has 3 aliphatic heterocycles. The Hall–Kier alpha value is -3.88. The molecule has 15 heteroatoms. The van der Waals surface area contributed by atoms with Gasteiger partial charge in [-0.3, -0.25) is 19.0 Å². The van der Waals surface area contributed by atoms with Crippen LogP contribution < -0.4 is 27.7 Å². The molecule has 7 N–H and O–H groups in total. The smallest absolute Gasteiger partial charge is 0.270 e. The highest BCUT2D eigenvalue weighted by Crippen LogP contribution is 2.43. The number of nitrogens with zero attached hydrogens (tertiary/aromatic N) is 6. The van der Waals surface area contributed by atoms with Crippen LogP contribution in [0.15, 0.2) is 39.1 Å². The normalized spacial score (nSPS) is 21.0. The van der Waals surface area contributed by atoms with E-state index in [1.165, 1.54) is 16.3 Å². The molecule has 0 aliphatic carbocycles. The summed E-state index contributed by atoms with van der Waals surface area (Å²) in [6.45, 7) is 4.47. The SMILES string of the molecule is CC(=O)N1CCC2(CCN(c3cnc(Sc4cccc(C5CCCc6nc(O)c(C(N)=O)c(=O)n65)c4Cl)c(N)n3)CC2)C(N)C1. The predicted octanol–water partition coefficient (Wildman–Crippen LogP) is 2.32. The Morgan fingerprint density at radius 1 is 1.16 bits per heavy atom. The monoisotopic (exact) mass is 653 g/mol. The molecule has 0 saturated carbocycles. The zero-order valence-corrected chi connectivity index (χ0v) is 26.5. The molecule has 5 heterocycles. The summed E-state index contributed by atoms with van der Waals surface area (Å²) >= 11 is 8.21. The number of carbonyl (C=O) groups excluding carboxylic acids is 2. The van der Waals surface area contributed by atoms with Crippen molar-refractivity contribution in [2.45, 2.75) is 67.5 Å². The lowest BCUT2D eigenvalue weighted by atomic mass is 9.68. The van der Waals surface area contributed by atoms with Crippen LogP contribution in [0.2, 0.25) is 5.02 Å². The Kier molecular flexibility index (Phi) is 8.39. The van der Waals surface area contributed by atoms with Crippen LogP contribution in [0.1, 0.15) is 66.8 Å². The maximum absolute atomic E-state index is 13.3. The van der Waals surface area contributed by atoms with E-state index in [4.69, 9.17) is 28.8 Å². The molecular formula is C30H36ClN9O4S. The third-order valence-corrected chi connectivity index (χ3v) is 11.1. The summed E-state index contributed by atoms with van der Waals surface area (Å²) in [5, 5.41) is 11.1. The summed E-state index contributed by atoms with van der Waals surface area (Å²) in [6, 6.07) is 4.94. The number of benzene rings is 1. The number of primary amides is 1. The molecule has 2 aromatic heterocycles. The van der Waals surface area contributed by atoms with Crippen molar-refractivity contribution >= 4 is 46.8 Å². The quantitative estimate of drug-likeness (QED) is 0.315. The Morgan fingerprint density at radius 3 is 2.56 bits per heavy atom. The zero-order valence-electron chi connectivity index (χ0n) is 24.9. The number of hydrogen-bond acceptors (Lipinski definition) is 11. The van der Waals surface area contributed by atoms with E-state index < -0.39 is 29.0 Å². The highest BCUT2D eigenvalue weighted by molar-refractivity contribution is 7.99. The van der Waals surface area contributed by atoms with Crippen molar-refractivity contribution < 1.29 is 14.7 Å².